The molecule has 0 spiro atoms. The molecule has 2 aromatic rings. The first-order chi connectivity index (χ1) is 9.12. The Kier molecular flexibility index (Phi) is 4.50. The Morgan fingerprint density at radius 2 is 1.63 bits per heavy atom. The van der Waals surface area contributed by atoms with Gasteiger partial charge in [-0.25, -0.2) is 8.42 Å². The van der Waals surface area contributed by atoms with Gasteiger partial charge in [-0.15, -0.1) is 11.8 Å². The molecule has 0 amide bonds. The lowest BCUT2D eigenvalue weighted by atomic mass is 10.3. The van der Waals surface area contributed by atoms with Gasteiger partial charge in [0.2, 0.25) is 0 Å². The highest BCUT2D eigenvalue weighted by Gasteiger charge is 2.12. The Morgan fingerprint density at radius 3 is 2.21 bits per heavy atom. The normalized spacial score (nSPS) is 11.2. The predicted molar refractivity (Wildman–Crippen MR) is 80.1 cm³/mol. The standard InChI is InChI=1S/C14H15NO2S2/c1-2-18-13-10-8-12(9-11-13)15-19(16,17)14-6-4-3-5-7-14/h3-11,15H,2H2,1H3. The molecule has 5 heteroatoms. The van der Waals surface area contributed by atoms with Crippen LogP contribution in [0.15, 0.2) is 64.4 Å². The van der Waals surface area contributed by atoms with E-state index in [4.69, 9.17) is 0 Å². The summed E-state index contributed by atoms with van der Waals surface area (Å²) in [4.78, 5) is 1.40. The van der Waals surface area contributed by atoms with Crippen LogP contribution in [0.3, 0.4) is 0 Å². The van der Waals surface area contributed by atoms with Gasteiger partial charge in [-0.3, -0.25) is 4.72 Å². The molecule has 100 valence electrons. The molecule has 0 saturated carbocycles. The number of hydrogen-bond donors (Lipinski definition) is 1. The molecule has 0 atom stereocenters. The van der Waals surface area contributed by atoms with Crippen LogP contribution in [0.1, 0.15) is 6.92 Å². The number of nitrogens with one attached hydrogen (secondary N) is 1. The highest BCUT2D eigenvalue weighted by atomic mass is 32.2. The van der Waals surface area contributed by atoms with E-state index in [2.05, 4.69) is 11.6 Å². The van der Waals surface area contributed by atoms with Crippen molar-refractivity contribution in [3.63, 3.8) is 0 Å². The molecule has 0 aliphatic heterocycles. The zero-order valence-corrected chi connectivity index (χ0v) is 12.2. The van der Waals surface area contributed by atoms with Gasteiger partial charge in [0.15, 0.2) is 0 Å². The van der Waals surface area contributed by atoms with Gasteiger partial charge >= 0.3 is 0 Å². The zero-order valence-electron chi connectivity index (χ0n) is 10.5. The maximum absolute atomic E-state index is 12.1. The number of anilines is 1. The molecule has 1 N–H and O–H groups in total. The van der Waals surface area contributed by atoms with E-state index in [1.54, 1.807) is 54.2 Å². The van der Waals surface area contributed by atoms with E-state index in [9.17, 15) is 8.42 Å². The van der Waals surface area contributed by atoms with Crippen LogP contribution in [0.4, 0.5) is 5.69 Å². The van der Waals surface area contributed by atoms with E-state index < -0.39 is 10.0 Å². The van der Waals surface area contributed by atoms with Gasteiger partial charge in [0, 0.05) is 10.6 Å². The third kappa shape index (κ3) is 3.75. The molecule has 2 rings (SSSR count). The van der Waals surface area contributed by atoms with Crippen LogP contribution in [0.5, 0.6) is 0 Å². The molecular weight excluding hydrogens is 278 g/mol. The average Bonchev–Trinajstić information content (AvgIpc) is 2.42. The topological polar surface area (TPSA) is 46.2 Å². The van der Waals surface area contributed by atoms with Gasteiger partial charge in [-0.2, -0.15) is 0 Å². The molecule has 0 aliphatic rings. The first-order valence-corrected chi connectivity index (χ1v) is 8.39. The summed E-state index contributed by atoms with van der Waals surface area (Å²) >= 11 is 1.72. The molecule has 3 nitrogen and oxygen atoms in total. The van der Waals surface area contributed by atoms with Gasteiger partial charge < -0.3 is 0 Å². The summed E-state index contributed by atoms with van der Waals surface area (Å²) in [6.45, 7) is 2.08. The Hall–Kier alpha value is -1.46. The molecule has 0 aliphatic carbocycles. The van der Waals surface area contributed by atoms with Crippen LogP contribution < -0.4 is 4.72 Å². The van der Waals surface area contributed by atoms with Crippen molar-refractivity contribution in [1.29, 1.82) is 0 Å². The number of thioether (sulfide) groups is 1. The molecule has 2 aromatic carbocycles. The highest BCUT2D eigenvalue weighted by Crippen LogP contribution is 2.21. The van der Waals surface area contributed by atoms with E-state index in [1.165, 1.54) is 0 Å². The van der Waals surface area contributed by atoms with Gasteiger partial charge in [-0.05, 0) is 42.2 Å². The second kappa shape index (κ2) is 6.12. The summed E-state index contributed by atoms with van der Waals surface area (Å²) in [6.07, 6.45) is 0. The van der Waals surface area contributed by atoms with Crippen molar-refractivity contribution in [2.45, 2.75) is 16.7 Å². The lowest BCUT2D eigenvalue weighted by Crippen LogP contribution is -2.12. The third-order valence-electron chi connectivity index (χ3n) is 2.47. The summed E-state index contributed by atoms with van der Waals surface area (Å²) in [6, 6.07) is 15.7. The van der Waals surface area contributed by atoms with Crippen molar-refractivity contribution in [3.8, 4) is 0 Å². The summed E-state index contributed by atoms with van der Waals surface area (Å²) < 4.78 is 26.8. The van der Waals surface area contributed by atoms with Crippen molar-refractivity contribution in [1.82, 2.24) is 0 Å². The fourth-order valence-electron chi connectivity index (χ4n) is 1.60. The quantitative estimate of drug-likeness (QED) is 0.857. The van der Waals surface area contributed by atoms with E-state index in [0.717, 1.165) is 10.6 Å². The van der Waals surface area contributed by atoms with Crippen LogP contribution in [-0.2, 0) is 10.0 Å². The van der Waals surface area contributed by atoms with Crippen molar-refractivity contribution in [2.24, 2.45) is 0 Å². The van der Waals surface area contributed by atoms with Crippen molar-refractivity contribution < 1.29 is 8.42 Å². The molecular formula is C14H15NO2S2. The molecule has 0 fully saturated rings. The minimum absolute atomic E-state index is 0.266. The monoisotopic (exact) mass is 293 g/mol. The number of hydrogen-bond acceptors (Lipinski definition) is 3. The minimum Gasteiger partial charge on any atom is -0.280 e. The maximum atomic E-state index is 12.1. The molecule has 0 heterocycles. The van der Waals surface area contributed by atoms with Gasteiger partial charge in [0.05, 0.1) is 4.90 Å². The summed E-state index contributed by atoms with van der Waals surface area (Å²) in [7, 11) is -3.50. The maximum Gasteiger partial charge on any atom is 0.261 e. The predicted octanol–water partition coefficient (Wildman–Crippen LogP) is 3.60. The fraction of sp³-hybridized carbons (Fsp3) is 0.143. The molecule has 19 heavy (non-hydrogen) atoms. The van der Waals surface area contributed by atoms with E-state index in [0.29, 0.717) is 5.69 Å². The summed E-state index contributed by atoms with van der Waals surface area (Å²) in [5, 5.41) is 0. The molecule has 0 saturated heterocycles. The smallest absolute Gasteiger partial charge is 0.261 e. The minimum atomic E-state index is -3.50. The Morgan fingerprint density at radius 1 is 1.00 bits per heavy atom. The van der Waals surface area contributed by atoms with Crippen LogP contribution in [0.25, 0.3) is 0 Å². The van der Waals surface area contributed by atoms with Gasteiger partial charge in [-0.1, -0.05) is 25.1 Å². The first kappa shape index (κ1) is 14.0. The lowest BCUT2D eigenvalue weighted by molar-refractivity contribution is 0.601. The Balaban J connectivity index is 2.17. The molecule has 0 bridgehead atoms. The lowest BCUT2D eigenvalue weighted by Gasteiger charge is -2.08. The average molecular weight is 293 g/mol. The number of sulfonamides is 1. The SMILES string of the molecule is CCSc1ccc(NS(=O)(=O)c2ccccc2)cc1. The number of rotatable bonds is 5. The van der Waals surface area contributed by atoms with Crippen molar-refractivity contribution in [3.05, 3.63) is 54.6 Å². The van der Waals surface area contributed by atoms with E-state index in [-0.39, 0.29) is 4.90 Å². The largest absolute Gasteiger partial charge is 0.280 e. The second-order valence-corrected chi connectivity index (χ2v) is 6.90. The van der Waals surface area contributed by atoms with Crippen LogP contribution >= 0.6 is 11.8 Å². The molecule has 0 unspecified atom stereocenters. The van der Waals surface area contributed by atoms with Crippen LogP contribution in [0, 0.1) is 0 Å². The first-order valence-electron chi connectivity index (χ1n) is 5.92. The zero-order chi connectivity index (χ0) is 13.7. The summed E-state index contributed by atoms with van der Waals surface area (Å²) in [5.74, 6) is 0.995. The molecule has 0 aromatic heterocycles. The van der Waals surface area contributed by atoms with Crippen molar-refractivity contribution >= 4 is 27.5 Å². The highest BCUT2D eigenvalue weighted by molar-refractivity contribution is 7.99. The van der Waals surface area contributed by atoms with Gasteiger partial charge in [0.1, 0.15) is 0 Å². The Labute approximate surface area is 118 Å². The van der Waals surface area contributed by atoms with E-state index >= 15 is 0 Å². The molecule has 0 radical (unpaired) electrons. The van der Waals surface area contributed by atoms with E-state index in [1.807, 2.05) is 12.1 Å². The third-order valence-corrected chi connectivity index (χ3v) is 4.76. The van der Waals surface area contributed by atoms with Crippen LogP contribution in [-0.4, -0.2) is 14.2 Å². The van der Waals surface area contributed by atoms with Gasteiger partial charge in [0.25, 0.3) is 10.0 Å². The van der Waals surface area contributed by atoms with Crippen molar-refractivity contribution in [2.75, 3.05) is 10.5 Å². The number of benzene rings is 2. The van der Waals surface area contributed by atoms with Crippen LogP contribution in [0.2, 0.25) is 0 Å². The summed E-state index contributed by atoms with van der Waals surface area (Å²) in [5.41, 5.74) is 0.573. The fourth-order valence-corrected chi connectivity index (χ4v) is 3.34. The second-order valence-electron chi connectivity index (χ2n) is 3.88. The Bertz CT molecular complexity index is 622.